The van der Waals surface area contributed by atoms with E-state index in [1.807, 2.05) is 17.9 Å². The summed E-state index contributed by atoms with van der Waals surface area (Å²) in [7, 11) is 3.05. The lowest BCUT2D eigenvalue weighted by molar-refractivity contribution is -0.254. The number of nitrogens with zero attached hydrogens (tertiary/aromatic N) is 3. The predicted octanol–water partition coefficient (Wildman–Crippen LogP) is 8.90. The van der Waals surface area contributed by atoms with E-state index in [0.29, 0.717) is 78.6 Å². The Bertz CT molecular complexity index is 2290. The highest BCUT2D eigenvalue weighted by atomic mass is 16.8. The molecule has 7 rings (SSSR count). The molecule has 15 heteroatoms. The molecule has 2 aliphatic carbocycles. The van der Waals surface area contributed by atoms with Gasteiger partial charge in [-0.25, -0.2) is 4.79 Å². The third-order valence-electron chi connectivity index (χ3n) is 13.3. The molecule has 3 aromatic rings. The number of ether oxygens (including phenoxy) is 6. The minimum absolute atomic E-state index is 0.0142. The van der Waals surface area contributed by atoms with E-state index in [0.717, 1.165) is 49.7 Å². The third kappa shape index (κ3) is 10.9. The van der Waals surface area contributed by atoms with E-state index >= 15 is 4.79 Å². The zero-order valence-corrected chi connectivity index (χ0v) is 38.8. The van der Waals surface area contributed by atoms with Crippen LogP contribution in [0.15, 0.2) is 90.1 Å². The molecule has 0 radical (unpaired) electrons. The van der Waals surface area contributed by atoms with Gasteiger partial charge in [0.2, 0.25) is 12.1 Å². The van der Waals surface area contributed by atoms with Crippen LogP contribution in [0.25, 0.3) is 0 Å². The van der Waals surface area contributed by atoms with Crippen LogP contribution in [0.5, 0.6) is 23.0 Å². The van der Waals surface area contributed by atoms with Crippen LogP contribution in [0.2, 0.25) is 0 Å². The van der Waals surface area contributed by atoms with Crippen molar-refractivity contribution in [3.63, 3.8) is 0 Å². The molecule has 0 aromatic heterocycles. The van der Waals surface area contributed by atoms with Crippen molar-refractivity contribution in [2.24, 2.45) is 22.9 Å². The number of hydrogen-bond donors (Lipinski definition) is 3. The summed E-state index contributed by atoms with van der Waals surface area (Å²) in [6, 6.07) is 18.4. The summed E-state index contributed by atoms with van der Waals surface area (Å²) in [5.41, 5.74) is 3.55. The summed E-state index contributed by atoms with van der Waals surface area (Å²) in [5.74, 6) is -1.02. The normalized spacial score (nSPS) is 24.4. The van der Waals surface area contributed by atoms with Gasteiger partial charge in [0.1, 0.15) is 29.0 Å². The van der Waals surface area contributed by atoms with Crippen molar-refractivity contribution in [3.05, 3.63) is 102 Å². The van der Waals surface area contributed by atoms with Crippen molar-refractivity contribution in [1.29, 1.82) is 5.26 Å². The van der Waals surface area contributed by atoms with Crippen LogP contribution >= 0.6 is 0 Å². The number of hydrogen-bond acceptors (Lipinski definition) is 13. The summed E-state index contributed by atoms with van der Waals surface area (Å²) in [4.78, 5) is 36.7. The van der Waals surface area contributed by atoms with E-state index in [1.165, 1.54) is 7.11 Å². The number of carbonyl (C=O) groups excluding carboxylic acids is 2. The van der Waals surface area contributed by atoms with E-state index in [2.05, 4.69) is 24.0 Å². The fourth-order valence-corrected chi connectivity index (χ4v) is 10.3. The minimum atomic E-state index is -1.49. The molecule has 4 aliphatic rings. The number of anilines is 1. The van der Waals surface area contributed by atoms with Gasteiger partial charge in [-0.1, -0.05) is 37.1 Å². The Morgan fingerprint density at radius 2 is 1.78 bits per heavy atom. The third-order valence-corrected chi connectivity index (χ3v) is 13.3. The van der Waals surface area contributed by atoms with E-state index in [-0.39, 0.29) is 55.7 Å². The molecule has 67 heavy (non-hydrogen) atoms. The fourth-order valence-electron chi connectivity index (χ4n) is 10.3. The van der Waals surface area contributed by atoms with Crippen LogP contribution in [0.1, 0.15) is 105 Å². The van der Waals surface area contributed by atoms with Gasteiger partial charge >= 0.3 is 6.09 Å². The van der Waals surface area contributed by atoms with Crippen molar-refractivity contribution in [3.8, 4) is 29.1 Å². The minimum Gasteiger partial charge on any atom is -0.497 e. The molecule has 2 aliphatic heterocycles. The summed E-state index contributed by atoms with van der Waals surface area (Å²) >= 11 is 0. The smallest absolute Gasteiger partial charge is 0.417 e. The summed E-state index contributed by atoms with van der Waals surface area (Å²) in [5, 5.41) is 37.3. The number of allylic oxidation sites excluding steroid dienone is 1. The largest absolute Gasteiger partial charge is 0.497 e. The van der Waals surface area contributed by atoms with Gasteiger partial charge in [0.25, 0.3) is 5.91 Å². The molecular weight excluding hydrogens is 857 g/mol. The molecule has 3 aromatic carbocycles. The maximum absolute atomic E-state index is 15.0. The topological polar surface area (TPSA) is 191 Å². The van der Waals surface area contributed by atoms with Gasteiger partial charge < -0.3 is 48.4 Å². The average molecular weight is 921 g/mol. The zero-order valence-electron chi connectivity index (χ0n) is 38.8. The molecule has 2 amide bonds. The van der Waals surface area contributed by atoms with Crippen molar-refractivity contribution in [2.75, 3.05) is 52.5 Å². The SMILES string of the molecule is C=CCO[C@@]12Oc3ccc(OC(=O)Nc4ccc(OC)cc4OC)cc3[C@H]3[C@H](CCCCO)[C@@H](CCCCO)C=C(C(=NOC4CCCCO4)C[C@@H]1N(CCC)C(=O)c1ccc(C#N)cc1)[C@H]32. The number of carbonyl (C=O) groups is 2. The van der Waals surface area contributed by atoms with Crippen molar-refractivity contribution in [1.82, 2.24) is 4.90 Å². The highest BCUT2D eigenvalue weighted by Crippen LogP contribution is 2.62. The number of fused-ring (bicyclic) bond motifs is 2. The Hall–Kier alpha value is -5.92. The Morgan fingerprint density at radius 1 is 1.00 bits per heavy atom. The monoisotopic (exact) mass is 920 g/mol. The molecule has 2 fully saturated rings. The average Bonchev–Trinajstić information content (AvgIpc) is 3.35. The van der Waals surface area contributed by atoms with Gasteiger partial charge in [-0.2, -0.15) is 5.26 Å². The molecule has 358 valence electrons. The molecular formula is C52H64N4O11. The van der Waals surface area contributed by atoms with Gasteiger partial charge in [0, 0.05) is 55.7 Å². The van der Waals surface area contributed by atoms with E-state index in [9.17, 15) is 20.3 Å². The number of aliphatic hydroxyl groups is 2. The number of aliphatic hydroxyl groups excluding tert-OH is 2. The Balaban J connectivity index is 1.40. The van der Waals surface area contributed by atoms with Gasteiger partial charge in [-0.3, -0.25) is 10.1 Å². The first-order valence-electron chi connectivity index (χ1n) is 23.6. The fraction of sp³-hybridized carbons (Fsp3) is 0.500. The highest BCUT2D eigenvalue weighted by Gasteiger charge is 2.65. The standard InChI is InChI=1S/C52H64N4O11/c1-5-24-56(50(59)35-18-16-34(33-53)17-19-35)46-32-43(55-67-47-15-9-12-28-63-47)40-29-36(13-7-10-25-57)39(14-8-11-26-58)48-41-30-38(21-23-44(41)66-52(46,49(40)48)64-27-6-2)65-51(60)54-42-22-20-37(61-3)31-45(42)62-4/h6,16-23,29-31,36,39,46-49,57-58H,2,5,7-15,24-28,32H2,1,3-4H3,(H,54,60)/t36-,39+,46-,47?,48+,49+,52+/m0/s1. The van der Waals surface area contributed by atoms with Crippen molar-refractivity contribution >= 4 is 23.4 Å². The summed E-state index contributed by atoms with van der Waals surface area (Å²) in [6.45, 7) is 7.16. The Kier molecular flexibility index (Phi) is 17.0. The summed E-state index contributed by atoms with van der Waals surface area (Å²) in [6.07, 6.45) is 10.3. The van der Waals surface area contributed by atoms with Crippen LogP contribution < -0.4 is 24.3 Å². The molecule has 2 heterocycles. The highest BCUT2D eigenvalue weighted by molar-refractivity contribution is 6.03. The van der Waals surface area contributed by atoms with Gasteiger partial charge in [0.15, 0.2) is 0 Å². The van der Waals surface area contributed by atoms with E-state index in [4.69, 9.17) is 38.4 Å². The number of unbranched alkanes of at least 4 members (excludes halogenated alkanes) is 2. The molecule has 7 atom stereocenters. The first kappa shape index (κ1) is 49.0. The van der Waals surface area contributed by atoms with Crippen LogP contribution in [0.4, 0.5) is 10.5 Å². The second-order valence-corrected chi connectivity index (χ2v) is 17.4. The first-order chi connectivity index (χ1) is 32.7. The number of rotatable bonds is 21. The Morgan fingerprint density at radius 3 is 2.46 bits per heavy atom. The lowest BCUT2D eigenvalue weighted by Crippen LogP contribution is -2.70. The van der Waals surface area contributed by atoms with E-state index < -0.39 is 30.1 Å². The van der Waals surface area contributed by atoms with Crippen molar-refractivity contribution < 1.29 is 53.1 Å². The number of nitriles is 1. The molecule has 0 spiro atoms. The first-order valence-corrected chi connectivity index (χ1v) is 23.6. The number of nitrogens with one attached hydrogen (secondary N) is 1. The molecule has 1 saturated carbocycles. The van der Waals surface area contributed by atoms with Crippen LogP contribution in [0, 0.1) is 29.1 Å². The van der Waals surface area contributed by atoms with Crippen molar-refractivity contribution in [2.45, 2.75) is 102 Å². The van der Waals surface area contributed by atoms with Crippen LogP contribution in [0.3, 0.4) is 0 Å². The molecule has 3 N–H and O–H groups in total. The van der Waals surface area contributed by atoms with Gasteiger partial charge in [0.05, 0.1) is 56.4 Å². The molecule has 0 bridgehead atoms. The van der Waals surface area contributed by atoms with E-state index in [1.54, 1.807) is 67.8 Å². The second-order valence-electron chi connectivity index (χ2n) is 17.4. The molecule has 15 nitrogen and oxygen atoms in total. The van der Waals surface area contributed by atoms with Gasteiger partial charge in [-0.15, -0.1) is 6.58 Å². The maximum atomic E-state index is 15.0. The van der Waals surface area contributed by atoms with Crippen LogP contribution in [-0.2, 0) is 14.3 Å². The zero-order chi connectivity index (χ0) is 47.3. The lowest BCUT2D eigenvalue weighted by Gasteiger charge is -2.60. The molecule has 1 unspecified atom stereocenters. The molecule has 1 saturated heterocycles. The maximum Gasteiger partial charge on any atom is 0.417 e. The van der Waals surface area contributed by atoms with Gasteiger partial charge in [-0.05, 0) is 117 Å². The van der Waals surface area contributed by atoms with Crippen LogP contribution in [-0.4, -0.2) is 98.1 Å². The number of oxime groups is 1. The lowest BCUT2D eigenvalue weighted by atomic mass is 9.55. The Labute approximate surface area is 393 Å². The second kappa shape index (κ2) is 23.2. The number of amides is 2. The quantitative estimate of drug-likeness (QED) is 0.0523. The number of benzene rings is 3. The predicted molar refractivity (Wildman–Crippen MR) is 251 cm³/mol. The summed E-state index contributed by atoms with van der Waals surface area (Å²) < 4.78 is 37.3. The number of methoxy groups -OCH3 is 2.